The van der Waals surface area contributed by atoms with E-state index in [-0.39, 0.29) is 22.8 Å². The van der Waals surface area contributed by atoms with Crippen molar-refractivity contribution in [1.29, 1.82) is 0 Å². The Morgan fingerprint density at radius 1 is 1.34 bits per heavy atom. The Labute approximate surface area is 171 Å². The maximum Gasteiger partial charge on any atom is 0.387 e. The number of nitrogens with zero attached hydrogens (tertiary/aromatic N) is 2. The molecular formula is C21H19ClF3N3O. The van der Waals surface area contributed by atoms with Crippen molar-refractivity contribution in [3.05, 3.63) is 63.7 Å². The van der Waals surface area contributed by atoms with Gasteiger partial charge in [0, 0.05) is 48.6 Å². The number of nitrogens with one attached hydrogen (secondary N) is 1. The Bertz CT molecular complexity index is 1100. The zero-order valence-electron chi connectivity index (χ0n) is 16.1. The third-order valence-electron chi connectivity index (χ3n) is 4.46. The first-order valence-corrected chi connectivity index (χ1v) is 9.17. The molecule has 29 heavy (non-hydrogen) atoms. The van der Waals surface area contributed by atoms with Crippen molar-refractivity contribution in [3.8, 4) is 5.75 Å². The molecule has 1 N–H and O–H groups in total. The first-order valence-electron chi connectivity index (χ1n) is 8.79. The minimum absolute atomic E-state index is 0.0931. The van der Waals surface area contributed by atoms with Crippen LogP contribution in [0.4, 0.5) is 13.2 Å². The van der Waals surface area contributed by atoms with Crippen LogP contribution in [-0.2, 0) is 6.42 Å². The molecule has 0 aliphatic rings. The Morgan fingerprint density at radius 3 is 2.76 bits per heavy atom. The van der Waals surface area contributed by atoms with Gasteiger partial charge in [0.25, 0.3) is 0 Å². The van der Waals surface area contributed by atoms with Crippen molar-refractivity contribution < 1.29 is 17.9 Å². The number of alkyl halides is 2. The number of hydrogen-bond acceptors (Lipinski definition) is 3. The smallest absolute Gasteiger partial charge is 0.387 e. The van der Waals surface area contributed by atoms with Crippen LogP contribution in [0.25, 0.3) is 16.6 Å². The lowest BCUT2D eigenvalue weighted by Gasteiger charge is -2.13. The van der Waals surface area contributed by atoms with E-state index in [4.69, 9.17) is 11.6 Å². The van der Waals surface area contributed by atoms with Gasteiger partial charge < -0.3 is 9.72 Å². The number of aliphatic imine (C=N–C) groups is 1. The Hall–Kier alpha value is -2.80. The number of ether oxygens (including phenoxy) is 1. The second-order valence-electron chi connectivity index (χ2n) is 6.63. The highest BCUT2D eigenvalue weighted by atomic mass is 35.5. The molecule has 152 valence electrons. The van der Waals surface area contributed by atoms with Crippen LogP contribution in [0.5, 0.6) is 5.75 Å². The molecule has 3 aromatic rings. The summed E-state index contributed by atoms with van der Waals surface area (Å²) >= 11 is 6.06. The second kappa shape index (κ2) is 8.69. The molecule has 1 aromatic carbocycles. The molecule has 2 heterocycles. The Morgan fingerprint density at radius 2 is 2.10 bits per heavy atom. The van der Waals surface area contributed by atoms with Gasteiger partial charge >= 0.3 is 6.61 Å². The fourth-order valence-corrected chi connectivity index (χ4v) is 3.33. The molecule has 0 unspecified atom stereocenters. The summed E-state index contributed by atoms with van der Waals surface area (Å²) in [7, 11) is 1.69. The molecule has 0 amide bonds. The Balaban J connectivity index is 2.10. The van der Waals surface area contributed by atoms with Crippen LogP contribution >= 0.6 is 11.6 Å². The average Bonchev–Trinajstić information content (AvgIpc) is 3.07. The molecule has 0 aliphatic heterocycles. The quantitative estimate of drug-likeness (QED) is 0.493. The molecule has 0 saturated carbocycles. The number of aromatic amines is 1. The van der Waals surface area contributed by atoms with Crippen molar-refractivity contribution in [3.63, 3.8) is 0 Å². The van der Waals surface area contributed by atoms with Crippen molar-refractivity contribution >= 4 is 34.4 Å². The van der Waals surface area contributed by atoms with Crippen LogP contribution in [0, 0.1) is 5.82 Å². The van der Waals surface area contributed by atoms with Crippen LogP contribution in [-0.4, -0.2) is 29.8 Å². The minimum Gasteiger partial charge on any atom is -0.434 e. The molecule has 0 radical (unpaired) electrons. The van der Waals surface area contributed by atoms with Crippen molar-refractivity contribution in [2.75, 3.05) is 7.05 Å². The van der Waals surface area contributed by atoms with Gasteiger partial charge in [-0.3, -0.25) is 4.99 Å². The molecule has 0 bridgehead atoms. The number of benzene rings is 1. The lowest BCUT2D eigenvalue weighted by atomic mass is 10.00. The number of allylic oxidation sites excluding steroid dienone is 2. The van der Waals surface area contributed by atoms with E-state index in [1.54, 1.807) is 25.7 Å². The standard InChI is InChI=1S/C21H19ClF3N3O/c1-11(2)16(10-26-3)13-6-14-12(8-27-20(14)28-9-13)7-15-18(29-21(24)25)5-4-17(23)19(15)22/h4-6,8-10,21H,7H2,1-3H3,(H,27,28). The first-order chi connectivity index (χ1) is 13.8. The van der Waals surface area contributed by atoms with Gasteiger partial charge in [-0.25, -0.2) is 9.37 Å². The number of pyridine rings is 1. The molecular weight excluding hydrogens is 403 g/mol. The molecule has 3 rings (SSSR count). The van der Waals surface area contributed by atoms with E-state index in [0.29, 0.717) is 5.65 Å². The fraction of sp³-hybridized carbons (Fsp3) is 0.238. The average molecular weight is 422 g/mol. The Kier molecular flexibility index (Phi) is 6.27. The summed E-state index contributed by atoms with van der Waals surface area (Å²) in [5.41, 5.74) is 4.35. The van der Waals surface area contributed by atoms with Crippen LogP contribution < -0.4 is 4.74 Å². The minimum atomic E-state index is -3.04. The predicted molar refractivity (Wildman–Crippen MR) is 110 cm³/mol. The van der Waals surface area contributed by atoms with Crippen molar-refractivity contribution in [1.82, 2.24) is 9.97 Å². The van der Waals surface area contributed by atoms with Crippen LogP contribution in [0.1, 0.15) is 30.5 Å². The van der Waals surface area contributed by atoms with Crippen LogP contribution in [0.2, 0.25) is 5.02 Å². The summed E-state index contributed by atoms with van der Waals surface area (Å²) in [4.78, 5) is 11.6. The SMILES string of the molecule is CN=CC(=C(C)C)c1cnc2[nH]cc(Cc3c(OC(F)F)ccc(F)c3Cl)c2c1. The zero-order chi connectivity index (χ0) is 21.1. The van der Waals surface area contributed by atoms with Gasteiger partial charge in [-0.1, -0.05) is 17.2 Å². The van der Waals surface area contributed by atoms with Gasteiger partial charge in [0.15, 0.2) is 0 Å². The number of aromatic nitrogens is 2. The summed E-state index contributed by atoms with van der Waals surface area (Å²) in [5.74, 6) is -0.860. The molecule has 0 atom stereocenters. The molecule has 2 aromatic heterocycles. The fourth-order valence-electron chi connectivity index (χ4n) is 3.11. The third-order valence-corrected chi connectivity index (χ3v) is 4.87. The monoisotopic (exact) mass is 421 g/mol. The molecule has 8 heteroatoms. The highest BCUT2D eigenvalue weighted by Gasteiger charge is 2.18. The van der Waals surface area contributed by atoms with E-state index >= 15 is 0 Å². The molecule has 0 spiro atoms. The second-order valence-corrected chi connectivity index (χ2v) is 7.01. The number of hydrogen-bond donors (Lipinski definition) is 1. The molecule has 0 aliphatic carbocycles. The van der Waals surface area contributed by atoms with Gasteiger partial charge in [0.05, 0.1) is 5.02 Å². The third kappa shape index (κ3) is 4.45. The molecule has 4 nitrogen and oxygen atoms in total. The molecule has 0 saturated heterocycles. The number of fused-ring (bicyclic) bond motifs is 1. The molecule has 0 fully saturated rings. The largest absolute Gasteiger partial charge is 0.434 e. The van der Waals surface area contributed by atoms with Gasteiger partial charge in [-0.2, -0.15) is 8.78 Å². The lowest BCUT2D eigenvalue weighted by Crippen LogP contribution is -2.06. The van der Waals surface area contributed by atoms with Crippen LogP contribution in [0.3, 0.4) is 0 Å². The van der Waals surface area contributed by atoms with E-state index in [1.807, 2.05) is 19.9 Å². The van der Waals surface area contributed by atoms with Gasteiger partial charge in [-0.15, -0.1) is 0 Å². The maximum absolute atomic E-state index is 14.0. The predicted octanol–water partition coefficient (Wildman–Crippen LogP) is 6.04. The summed E-state index contributed by atoms with van der Waals surface area (Å²) < 4.78 is 44.0. The zero-order valence-corrected chi connectivity index (χ0v) is 16.8. The van der Waals surface area contributed by atoms with E-state index < -0.39 is 12.4 Å². The van der Waals surface area contributed by atoms with Gasteiger partial charge in [-0.05, 0) is 43.2 Å². The summed E-state index contributed by atoms with van der Waals surface area (Å²) in [6, 6.07) is 4.09. The van der Waals surface area contributed by atoms with E-state index in [2.05, 4.69) is 19.7 Å². The van der Waals surface area contributed by atoms with Gasteiger partial charge in [0.2, 0.25) is 0 Å². The normalized spacial score (nSPS) is 11.6. The number of H-pyrrole nitrogens is 1. The van der Waals surface area contributed by atoms with E-state index in [1.165, 1.54) is 0 Å². The van der Waals surface area contributed by atoms with E-state index in [9.17, 15) is 13.2 Å². The highest BCUT2D eigenvalue weighted by molar-refractivity contribution is 6.31. The highest BCUT2D eigenvalue weighted by Crippen LogP contribution is 2.34. The summed E-state index contributed by atoms with van der Waals surface area (Å²) in [6.45, 7) is 0.902. The lowest BCUT2D eigenvalue weighted by molar-refractivity contribution is -0.0504. The van der Waals surface area contributed by atoms with Gasteiger partial charge in [0.1, 0.15) is 17.2 Å². The topological polar surface area (TPSA) is 50.3 Å². The number of rotatable bonds is 6. The van der Waals surface area contributed by atoms with Crippen LogP contribution in [0.15, 0.2) is 41.2 Å². The van der Waals surface area contributed by atoms with E-state index in [0.717, 1.165) is 39.8 Å². The van der Waals surface area contributed by atoms with Crippen molar-refractivity contribution in [2.24, 2.45) is 4.99 Å². The van der Waals surface area contributed by atoms with Crippen molar-refractivity contribution in [2.45, 2.75) is 26.9 Å². The summed E-state index contributed by atoms with van der Waals surface area (Å²) in [6.07, 6.45) is 5.27. The first kappa shape index (κ1) is 20.9. The number of halogens is 4. The maximum atomic E-state index is 14.0. The summed E-state index contributed by atoms with van der Waals surface area (Å²) in [5, 5.41) is 0.527.